The van der Waals surface area contributed by atoms with Crippen LogP contribution in [0.2, 0.25) is 5.02 Å². The average Bonchev–Trinajstić information content (AvgIpc) is 3.54. The summed E-state index contributed by atoms with van der Waals surface area (Å²) in [5.41, 5.74) is 1.65. The van der Waals surface area contributed by atoms with Crippen molar-refractivity contribution in [1.29, 1.82) is 0 Å². The lowest BCUT2D eigenvalue weighted by Crippen LogP contribution is -2.38. The number of ether oxygens (including phenoxy) is 1. The van der Waals surface area contributed by atoms with Crippen LogP contribution in [0.25, 0.3) is 21.8 Å². The number of aromatic nitrogens is 3. The number of thiazole rings is 1. The third kappa shape index (κ3) is 5.00. The molecule has 2 fully saturated rings. The second-order valence-electron chi connectivity index (χ2n) is 8.50. The molecule has 2 aromatic heterocycles. The summed E-state index contributed by atoms with van der Waals surface area (Å²) in [6.07, 6.45) is 5.21. The number of rotatable bonds is 6. The molecule has 1 aromatic carbocycles. The summed E-state index contributed by atoms with van der Waals surface area (Å²) in [6.45, 7) is 3.37. The Hall–Kier alpha value is -2.78. The van der Waals surface area contributed by atoms with Crippen molar-refractivity contribution in [3.63, 3.8) is 0 Å². The molecule has 2 aliphatic rings. The number of amides is 1. The first-order chi connectivity index (χ1) is 16.5. The molecule has 0 atom stereocenters. The quantitative estimate of drug-likeness (QED) is 0.448. The minimum Gasteiger partial charge on any atom is -0.450 e. The van der Waals surface area contributed by atoms with Gasteiger partial charge >= 0.3 is 6.09 Å². The summed E-state index contributed by atoms with van der Waals surface area (Å²) in [7, 11) is 0. The molecular formula is C24H25ClFN5O2S. The Morgan fingerprint density at radius 2 is 2.03 bits per heavy atom. The van der Waals surface area contributed by atoms with Crippen LogP contribution in [0.3, 0.4) is 0 Å². The predicted molar refractivity (Wildman–Crippen MR) is 131 cm³/mol. The van der Waals surface area contributed by atoms with Crippen LogP contribution in [0, 0.1) is 5.82 Å². The number of nitrogens with one attached hydrogen (secondary N) is 1. The molecule has 10 heteroatoms. The third-order valence-electron chi connectivity index (χ3n) is 6.00. The van der Waals surface area contributed by atoms with Gasteiger partial charge < -0.3 is 15.0 Å². The van der Waals surface area contributed by atoms with Crippen molar-refractivity contribution < 1.29 is 13.9 Å². The van der Waals surface area contributed by atoms with Crippen LogP contribution in [-0.4, -0.2) is 51.7 Å². The lowest BCUT2D eigenvalue weighted by atomic mass is 9.98. The van der Waals surface area contributed by atoms with E-state index in [-0.39, 0.29) is 12.0 Å². The van der Waals surface area contributed by atoms with Crippen molar-refractivity contribution in [2.75, 3.05) is 25.0 Å². The molecule has 0 radical (unpaired) electrons. The van der Waals surface area contributed by atoms with E-state index in [1.165, 1.54) is 17.4 Å². The van der Waals surface area contributed by atoms with Gasteiger partial charge in [-0.3, -0.25) is 0 Å². The van der Waals surface area contributed by atoms with Crippen molar-refractivity contribution in [3.8, 4) is 21.8 Å². The van der Waals surface area contributed by atoms with E-state index in [0.29, 0.717) is 53.7 Å². The largest absolute Gasteiger partial charge is 0.450 e. The van der Waals surface area contributed by atoms with Crippen molar-refractivity contribution >= 4 is 35.0 Å². The number of piperidine rings is 1. The summed E-state index contributed by atoms with van der Waals surface area (Å²) in [5.74, 6) is 0.317. The van der Waals surface area contributed by atoms with Crippen molar-refractivity contribution in [1.82, 2.24) is 19.9 Å². The number of carbonyl (C=O) groups is 1. The van der Waals surface area contributed by atoms with Gasteiger partial charge in [0.2, 0.25) is 5.95 Å². The van der Waals surface area contributed by atoms with E-state index in [1.807, 2.05) is 6.07 Å². The first kappa shape index (κ1) is 23.0. The molecule has 3 heterocycles. The Morgan fingerprint density at radius 1 is 1.24 bits per heavy atom. The molecule has 3 aromatic rings. The Morgan fingerprint density at radius 3 is 2.74 bits per heavy atom. The smallest absolute Gasteiger partial charge is 0.409 e. The minimum atomic E-state index is -0.423. The fourth-order valence-corrected chi connectivity index (χ4v) is 5.42. The molecule has 1 aliphatic heterocycles. The lowest BCUT2D eigenvalue weighted by molar-refractivity contribution is 0.0970. The maximum absolute atomic E-state index is 14.9. The van der Waals surface area contributed by atoms with E-state index >= 15 is 0 Å². The zero-order valence-corrected chi connectivity index (χ0v) is 20.3. The van der Waals surface area contributed by atoms with Gasteiger partial charge in [0.25, 0.3) is 0 Å². The van der Waals surface area contributed by atoms with E-state index in [4.69, 9.17) is 26.3 Å². The highest BCUT2D eigenvalue weighted by Crippen LogP contribution is 2.42. The van der Waals surface area contributed by atoms with E-state index < -0.39 is 5.82 Å². The number of anilines is 1. The zero-order valence-electron chi connectivity index (χ0n) is 18.8. The zero-order chi connectivity index (χ0) is 23.7. The minimum absolute atomic E-state index is 0.171. The van der Waals surface area contributed by atoms with Crippen molar-refractivity contribution in [2.45, 2.75) is 44.6 Å². The second-order valence-corrected chi connectivity index (χ2v) is 9.97. The summed E-state index contributed by atoms with van der Waals surface area (Å²) >= 11 is 7.52. The first-order valence-corrected chi connectivity index (χ1v) is 12.7. The highest BCUT2D eigenvalue weighted by molar-refractivity contribution is 7.15. The van der Waals surface area contributed by atoms with E-state index in [0.717, 1.165) is 35.6 Å². The van der Waals surface area contributed by atoms with Crippen molar-refractivity contribution in [2.24, 2.45) is 0 Å². The maximum atomic E-state index is 14.9. The highest BCUT2D eigenvalue weighted by Gasteiger charge is 2.29. The fraction of sp³-hybridized carbons (Fsp3) is 0.417. The predicted octanol–water partition coefficient (Wildman–Crippen LogP) is 5.97. The van der Waals surface area contributed by atoms with Gasteiger partial charge in [0, 0.05) is 41.8 Å². The van der Waals surface area contributed by atoms with Crippen LogP contribution in [0.5, 0.6) is 0 Å². The number of hydrogen-bond acceptors (Lipinski definition) is 7. The van der Waals surface area contributed by atoms with Gasteiger partial charge in [-0.2, -0.15) is 0 Å². The average molecular weight is 502 g/mol. The normalized spacial score (nSPS) is 16.5. The SMILES string of the molecule is CCOC(=O)N1CCC(c2nc(-c3ccc(Cl)cc3F)c(-c3ccnc(NC4CC4)n3)s2)CC1. The molecule has 7 nitrogen and oxygen atoms in total. The third-order valence-corrected chi connectivity index (χ3v) is 7.47. The van der Waals surface area contributed by atoms with Crippen LogP contribution in [0.4, 0.5) is 15.1 Å². The topological polar surface area (TPSA) is 80.2 Å². The summed E-state index contributed by atoms with van der Waals surface area (Å²) < 4.78 is 20.1. The van der Waals surface area contributed by atoms with Gasteiger partial charge in [-0.25, -0.2) is 24.1 Å². The van der Waals surface area contributed by atoms with E-state index in [1.54, 1.807) is 30.2 Å². The Balaban J connectivity index is 1.47. The van der Waals surface area contributed by atoms with Crippen molar-refractivity contribution in [3.05, 3.63) is 46.3 Å². The molecule has 1 saturated carbocycles. The fourth-order valence-electron chi connectivity index (χ4n) is 4.04. The summed E-state index contributed by atoms with van der Waals surface area (Å²) in [4.78, 5) is 28.5. The van der Waals surface area contributed by atoms with E-state index in [2.05, 4.69) is 10.3 Å². The monoisotopic (exact) mass is 501 g/mol. The molecule has 1 N–H and O–H groups in total. The number of benzene rings is 1. The van der Waals surface area contributed by atoms with Crippen LogP contribution < -0.4 is 5.32 Å². The second kappa shape index (κ2) is 9.84. The molecular weight excluding hydrogens is 477 g/mol. The van der Waals surface area contributed by atoms with Gasteiger partial charge in [-0.1, -0.05) is 11.6 Å². The van der Waals surface area contributed by atoms with Crippen LogP contribution in [0.1, 0.15) is 43.5 Å². The Labute approximate surface area is 206 Å². The van der Waals surface area contributed by atoms with Gasteiger partial charge in [0.15, 0.2) is 0 Å². The Bertz CT molecular complexity index is 1190. The van der Waals surface area contributed by atoms with Gasteiger partial charge in [0.1, 0.15) is 5.82 Å². The number of hydrogen-bond donors (Lipinski definition) is 1. The molecule has 0 spiro atoms. The summed E-state index contributed by atoms with van der Waals surface area (Å²) in [6, 6.07) is 6.88. The maximum Gasteiger partial charge on any atom is 0.409 e. The summed E-state index contributed by atoms with van der Waals surface area (Å²) in [5, 5.41) is 4.57. The molecule has 1 aliphatic carbocycles. The van der Waals surface area contributed by atoms with Crippen LogP contribution >= 0.6 is 22.9 Å². The first-order valence-electron chi connectivity index (χ1n) is 11.5. The highest BCUT2D eigenvalue weighted by atomic mass is 35.5. The van der Waals surface area contributed by atoms with Gasteiger partial charge in [-0.05, 0) is 56.9 Å². The lowest BCUT2D eigenvalue weighted by Gasteiger charge is -2.30. The Kier molecular flexibility index (Phi) is 6.65. The number of halogens is 2. The molecule has 34 heavy (non-hydrogen) atoms. The molecule has 5 rings (SSSR count). The van der Waals surface area contributed by atoms with Gasteiger partial charge in [0.05, 0.1) is 27.9 Å². The molecule has 1 saturated heterocycles. The number of likely N-dealkylation sites (tertiary alicyclic amines) is 1. The van der Waals surface area contributed by atoms with Crippen LogP contribution in [0.15, 0.2) is 30.5 Å². The molecule has 0 unspecified atom stereocenters. The van der Waals surface area contributed by atoms with Gasteiger partial charge in [-0.15, -0.1) is 11.3 Å². The van der Waals surface area contributed by atoms with Crippen LogP contribution in [-0.2, 0) is 4.74 Å². The number of carbonyl (C=O) groups excluding carboxylic acids is 1. The molecule has 0 bridgehead atoms. The standard InChI is InChI=1S/C24H25ClFN5O2S/c1-2-33-24(32)31-11-8-14(9-12-31)22-30-20(17-6-3-15(25)13-18(17)26)21(34-22)19-7-10-27-23(29-19)28-16-4-5-16/h3,6-7,10,13-14,16H,2,4-5,8-9,11-12H2,1H3,(H,27,28,29). The van der Waals surface area contributed by atoms with E-state index in [9.17, 15) is 9.18 Å². The number of nitrogens with zero attached hydrogens (tertiary/aromatic N) is 4. The molecule has 1 amide bonds. The molecule has 178 valence electrons.